The van der Waals surface area contributed by atoms with E-state index in [2.05, 4.69) is 0 Å². The molecular formula is C12H18ClFN2O. The Morgan fingerprint density at radius 3 is 2.47 bits per heavy atom. The molecule has 0 aliphatic carbocycles. The number of amidine groups is 1. The second kappa shape index (κ2) is 8.82. The largest absolute Gasteiger partial charge is 0.491 e. The molecule has 0 unspecified atom stereocenters. The molecule has 0 saturated carbocycles. The maximum absolute atomic E-state index is 11.8. The molecule has 0 aliphatic rings. The number of halogens is 2. The summed E-state index contributed by atoms with van der Waals surface area (Å²) in [4.78, 5) is 0. The van der Waals surface area contributed by atoms with Gasteiger partial charge in [-0.1, -0.05) is 12.1 Å². The van der Waals surface area contributed by atoms with Crippen molar-refractivity contribution in [1.29, 1.82) is 5.41 Å². The van der Waals surface area contributed by atoms with Crippen LogP contribution >= 0.6 is 12.4 Å². The molecule has 0 amide bonds. The molecular weight excluding hydrogens is 243 g/mol. The van der Waals surface area contributed by atoms with Gasteiger partial charge in [-0.2, -0.15) is 0 Å². The molecule has 1 aromatic carbocycles. The Morgan fingerprint density at radius 1 is 1.29 bits per heavy atom. The summed E-state index contributed by atoms with van der Waals surface area (Å²) in [5.74, 6) is 0.913. The van der Waals surface area contributed by atoms with Crippen LogP contribution in [0.25, 0.3) is 0 Å². The monoisotopic (exact) mass is 260 g/mol. The van der Waals surface area contributed by atoms with Gasteiger partial charge in [0.2, 0.25) is 0 Å². The number of nitrogens with two attached hydrogens (primary N) is 1. The molecule has 0 aliphatic heterocycles. The van der Waals surface area contributed by atoms with Gasteiger partial charge in [-0.25, -0.2) is 4.39 Å². The van der Waals surface area contributed by atoms with Crippen molar-refractivity contribution >= 4 is 18.2 Å². The third-order valence-corrected chi connectivity index (χ3v) is 2.18. The van der Waals surface area contributed by atoms with Gasteiger partial charge in [-0.3, -0.25) is 5.41 Å². The average molecular weight is 261 g/mol. The van der Waals surface area contributed by atoms with Crippen LogP contribution in [0.15, 0.2) is 24.3 Å². The molecule has 96 valence electrons. The van der Waals surface area contributed by atoms with Crippen molar-refractivity contribution in [3.63, 3.8) is 0 Å². The molecule has 1 aromatic rings. The van der Waals surface area contributed by atoms with Crippen molar-refractivity contribution in [3.05, 3.63) is 29.8 Å². The summed E-state index contributed by atoms with van der Waals surface area (Å²) < 4.78 is 17.0. The maximum Gasteiger partial charge on any atom is 0.123 e. The standard InChI is InChI=1S/C12H17FN2O.ClH/c13-8-9-16-11-6-4-10(5-7-11)2-1-3-12(14)15;/h4-7H,1-3,8-9H2,(H3,14,15);1H. The van der Waals surface area contributed by atoms with E-state index in [1.165, 1.54) is 5.56 Å². The van der Waals surface area contributed by atoms with E-state index < -0.39 is 6.67 Å². The predicted molar refractivity (Wildman–Crippen MR) is 70.0 cm³/mol. The minimum Gasteiger partial charge on any atom is -0.491 e. The highest BCUT2D eigenvalue weighted by Crippen LogP contribution is 2.13. The topological polar surface area (TPSA) is 59.1 Å². The Bertz CT molecular complexity index is 330. The predicted octanol–water partition coefficient (Wildman–Crippen LogP) is 2.72. The van der Waals surface area contributed by atoms with Gasteiger partial charge >= 0.3 is 0 Å². The highest BCUT2D eigenvalue weighted by Gasteiger charge is 1.97. The summed E-state index contributed by atoms with van der Waals surface area (Å²) in [6, 6.07) is 7.57. The Kier molecular flexibility index (Phi) is 8.15. The van der Waals surface area contributed by atoms with Crippen molar-refractivity contribution in [1.82, 2.24) is 0 Å². The lowest BCUT2D eigenvalue weighted by molar-refractivity contribution is 0.273. The molecule has 0 aromatic heterocycles. The zero-order valence-electron chi connectivity index (χ0n) is 9.62. The van der Waals surface area contributed by atoms with E-state index in [0.717, 1.165) is 12.8 Å². The van der Waals surface area contributed by atoms with Crippen molar-refractivity contribution in [2.45, 2.75) is 19.3 Å². The fourth-order valence-electron chi connectivity index (χ4n) is 1.39. The Hall–Kier alpha value is -1.29. The Morgan fingerprint density at radius 2 is 1.94 bits per heavy atom. The molecule has 0 heterocycles. The molecule has 0 fully saturated rings. The van der Waals surface area contributed by atoms with E-state index >= 15 is 0 Å². The molecule has 3 N–H and O–H groups in total. The number of hydrogen-bond donors (Lipinski definition) is 2. The quantitative estimate of drug-likeness (QED) is 0.585. The SMILES string of the molecule is Cl.N=C(N)CCCc1ccc(OCCF)cc1. The van der Waals surface area contributed by atoms with E-state index in [9.17, 15) is 4.39 Å². The van der Waals surface area contributed by atoms with Crippen LogP contribution in [-0.4, -0.2) is 19.1 Å². The van der Waals surface area contributed by atoms with Gasteiger partial charge in [0, 0.05) is 6.42 Å². The molecule has 3 nitrogen and oxygen atoms in total. The summed E-state index contributed by atoms with van der Waals surface area (Å²) in [5.41, 5.74) is 6.44. The first-order valence-corrected chi connectivity index (χ1v) is 5.33. The van der Waals surface area contributed by atoms with Gasteiger partial charge < -0.3 is 10.5 Å². The van der Waals surface area contributed by atoms with Crippen molar-refractivity contribution in [3.8, 4) is 5.75 Å². The van der Waals surface area contributed by atoms with E-state index in [-0.39, 0.29) is 24.8 Å². The second-order valence-electron chi connectivity index (χ2n) is 3.56. The fraction of sp³-hybridized carbons (Fsp3) is 0.417. The van der Waals surface area contributed by atoms with Gasteiger partial charge in [0.05, 0.1) is 5.84 Å². The maximum atomic E-state index is 11.8. The first-order chi connectivity index (χ1) is 7.72. The number of benzene rings is 1. The average Bonchev–Trinajstić information content (AvgIpc) is 2.27. The van der Waals surface area contributed by atoms with Gasteiger partial charge in [0.1, 0.15) is 19.0 Å². The Balaban J connectivity index is 0.00000256. The van der Waals surface area contributed by atoms with Crippen molar-refractivity contribution < 1.29 is 9.13 Å². The molecule has 17 heavy (non-hydrogen) atoms. The van der Waals surface area contributed by atoms with E-state index in [1.807, 2.05) is 24.3 Å². The van der Waals surface area contributed by atoms with Crippen molar-refractivity contribution in [2.24, 2.45) is 5.73 Å². The van der Waals surface area contributed by atoms with Gasteiger partial charge in [0.15, 0.2) is 0 Å². The van der Waals surface area contributed by atoms with Gasteiger partial charge in [0.25, 0.3) is 0 Å². The second-order valence-corrected chi connectivity index (χ2v) is 3.56. The van der Waals surface area contributed by atoms with Crippen LogP contribution in [0.5, 0.6) is 5.75 Å². The van der Waals surface area contributed by atoms with Crippen LogP contribution in [0.4, 0.5) is 4.39 Å². The molecule has 0 saturated heterocycles. The molecule has 0 radical (unpaired) electrons. The molecule has 1 rings (SSSR count). The molecule has 5 heteroatoms. The third kappa shape index (κ3) is 6.79. The number of hydrogen-bond acceptors (Lipinski definition) is 2. The minimum absolute atomic E-state index is 0. The van der Waals surface area contributed by atoms with E-state index in [1.54, 1.807) is 0 Å². The molecule has 0 atom stereocenters. The first kappa shape index (κ1) is 15.7. The summed E-state index contributed by atoms with van der Waals surface area (Å²) in [5, 5.41) is 7.09. The first-order valence-electron chi connectivity index (χ1n) is 5.33. The van der Waals surface area contributed by atoms with Gasteiger partial charge in [-0.05, 0) is 30.5 Å². The normalized spacial score (nSPS) is 9.47. The zero-order chi connectivity index (χ0) is 11.8. The number of alkyl halides is 1. The fourth-order valence-corrected chi connectivity index (χ4v) is 1.39. The van der Waals surface area contributed by atoms with Crippen LogP contribution < -0.4 is 10.5 Å². The number of aryl methyl sites for hydroxylation is 1. The van der Waals surface area contributed by atoms with Crippen LogP contribution in [0.1, 0.15) is 18.4 Å². The number of ether oxygens (including phenoxy) is 1. The summed E-state index contributed by atoms with van der Waals surface area (Å²) >= 11 is 0. The highest BCUT2D eigenvalue weighted by atomic mass is 35.5. The van der Waals surface area contributed by atoms with Crippen LogP contribution in [0, 0.1) is 5.41 Å². The third-order valence-electron chi connectivity index (χ3n) is 2.18. The van der Waals surface area contributed by atoms with Gasteiger partial charge in [-0.15, -0.1) is 12.4 Å². The van der Waals surface area contributed by atoms with Crippen molar-refractivity contribution in [2.75, 3.05) is 13.3 Å². The highest BCUT2D eigenvalue weighted by molar-refractivity contribution is 5.85. The minimum atomic E-state index is -0.472. The lowest BCUT2D eigenvalue weighted by Gasteiger charge is -2.05. The number of nitrogens with one attached hydrogen (secondary N) is 1. The van der Waals surface area contributed by atoms with Crippen LogP contribution in [0.2, 0.25) is 0 Å². The lowest BCUT2D eigenvalue weighted by atomic mass is 10.1. The van der Waals surface area contributed by atoms with Crippen LogP contribution in [-0.2, 0) is 6.42 Å². The molecule has 0 spiro atoms. The Labute approximate surface area is 107 Å². The summed E-state index contributed by atoms with van der Waals surface area (Å²) in [6.07, 6.45) is 2.39. The summed E-state index contributed by atoms with van der Waals surface area (Å²) in [6.45, 7) is -0.371. The zero-order valence-corrected chi connectivity index (χ0v) is 10.4. The summed E-state index contributed by atoms with van der Waals surface area (Å²) in [7, 11) is 0. The van der Waals surface area contributed by atoms with Crippen LogP contribution in [0.3, 0.4) is 0 Å². The number of rotatable bonds is 7. The van der Waals surface area contributed by atoms with E-state index in [0.29, 0.717) is 12.2 Å². The smallest absolute Gasteiger partial charge is 0.123 e. The lowest BCUT2D eigenvalue weighted by Crippen LogP contribution is -2.09. The van der Waals surface area contributed by atoms with E-state index in [4.69, 9.17) is 15.9 Å². The molecule has 0 bridgehead atoms.